The quantitative estimate of drug-likeness (QED) is 0.688. The lowest BCUT2D eigenvalue weighted by Gasteiger charge is -2.19. The first kappa shape index (κ1) is 11.0. The molecule has 0 atom stereocenters. The number of hydrogen-bond acceptors (Lipinski definition) is 3. The highest BCUT2D eigenvalue weighted by Crippen LogP contribution is 2.08. The van der Waals surface area contributed by atoms with Crippen LogP contribution in [0.15, 0.2) is 12.4 Å². The molecule has 0 aliphatic heterocycles. The SMILES string of the molecule is CCNCCN(C)c1nccn1CC. The Labute approximate surface area is 85.9 Å². The minimum absolute atomic E-state index is 0.973. The molecule has 80 valence electrons. The van der Waals surface area contributed by atoms with Crippen molar-refractivity contribution in [1.29, 1.82) is 0 Å². The Bertz CT molecular complexity index is 256. The van der Waals surface area contributed by atoms with E-state index in [1.807, 2.05) is 12.4 Å². The minimum atomic E-state index is 0.973. The van der Waals surface area contributed by atoms with Gasteiger partial charge in [0.15, 0.2) is 0 Å². The van der Waals surface area contributed by atoms with Crippen LogP contribution in [-0.4, -0.2) is 36.2 Å². The Hall–Kier alpha value is -1.03. The number of likely N-dealkylation sites (N-methyl/N-ethyl adjacent to an activating group) is 2. The number of aromatic nitrogens is 2. The van der Waals surface area contributed by atoms with Crippen LogP contribution in [0, 0.1) is 0 Å². The van der Waals surface area contributed by atoms with Gasteiger partial charge in [-0.25, -0.2) is 4.98 Å². The van der Waals surface area contributed by atoms with Crippen molar-refractivity contribution in [3.05, 3.63) is 12.4 Å². The molecule has 0 aliphatic carbocycles. The monoisotopic (exact) mass is 196 g/mol. The lowest BCUT2D eigenvalue weighted by molar-refractivity contribution is 0.675. The fraction of sp³-hybridized carbons (Fsp3) is 0.700. The second-order valence-electron chi connectivity index (χ2n) is 3.29. The van der Waals surface area contributed by atoms with Crippen LogP contribution in [0.4, 0.5) is 5.95 Å². The van der Waals surface area contributed by atoms with Gasteiger partial charge in [0.05, 0.1) is 0 Å². The van der Waals surface area contributed by atoms with Gasteiger partial charge in [-0.3, -0.25) is 0 Å². The van der Waals surface area contributed by atoms with Crippen molar-refractivity contribution in [2.24, 2.45) is 0 Å². The van der Waals surface area contributed by atoms with Crippen LogP contribution in [0.5, 0.6) is 0 Å². The van der Waals surface area contributed by atoms with Crippen molar-refractivity contribution in [2.75, 3.05) is 31.6 Å². The van der Waals surface area contributed by atoms with Gasteiger partial charge in [0.2, 0.25) is 5.95 Å². The molecule has 4 nitrogen and oxygen atoms in total. The van der Waals surface area contributed by atoms with Crippen LogP contribution >= 0.6 is 0 Å². The molecule has 0 radical (unpaired) electrons. The summed E-state index contributed by atoms with van der Waals surface area (Å²) in [7, 11) is 2.08. The van der Waals surface area contributed by atoms with E-state index in [2.05, 4.69) is 40.7 Å². The van der Waals surface area contributed by atoms with E-state index in [-0.39, 0.29) is 0 Å². The van der Waals surface area contributed by atoms with Crippen LogP contribution < -0.4 is 10.2 Å². The maximum Gasteiger partial charge on any atom is 0.205 e. The number of nitrogens with zero attached hydrogens (tertiary/aromatic N) is 3. The molecule has 0 aromatic carbocycles. The van der Waals surface area contributed by atoms with Crippen LogP contribution in [0.2, 0.25) is 0 Å². The van der Waals surface area contributed by atoms with E-state index in [1.54, 1.807) is 0 Å². The van der Waals surface area contributed by atoms with Gasteiger partial charge in [-0.05, 0) is 13.5 Å². The number of imidazole rings is 1. The maximum atomic E-state index is 4.33. The predicted octanol–water partition coefficient (Wildman–Crippen LogP) is 0.949. The molecule has 0 fully saturated rings. The lowest BCUT2D eigenvalue weighted by atomic mass is 10.5. The Balaban J connectivity index is 2.47. The van der Waals surface area contributed by atoms with Gasteiger partial charge >= 0.3 is 0 Å². The molecule has 0 aliphatic rings. The largest absolute Gasteiger partial charge is 0.344 e. The van der Waals surface area contributed by atoms with Crippen molar-refractivity contribution >= 4 is 5.95 Å². The molecule has 1 heterocycles. The smallest absolute Gasteiger partial charge is 0.205 e. The van der Waals surface area contributed by atoms with E-state index < -0.39 is 0 Å². The summed E-state index contributed by atoms with van der Waals surface area (Å²) in [6.07, 6.45) is 3.86. The first-order valence-electron chi connectivity index (χ1n) is 5.22. The average molecular weight is 196 g/mol. The van der Waals surface area contributed by atoms with E-state index in [1.165, 1.54) is 0 Å². The van der Waals surface area contributed by atoms with Crippen molar-refractivity contribution in [3.63, 3.8) is 0 Å². The number of anilines is 1. The average Bonchev–Trinajstić information content (AvgIpc) is 2.65. The summed E-state index contributed by atoms with van der Waals surface area (Å²) < 4.78 is 2.14. The molecule has 0 saturated heterocycles. The molecule has 14 heavy (non-hydrogen) atoms. The molecule has 1 N–H and O–H groups in total. The zero-order valence-electron chi connectivity index (χ0n) is 9.32. The Kier molecular flexibility index (Phi) is 4.46. The third-order valence-corrected chi connectivity index (χ3v) is 2.25. The van der Waals surface area contributed by atoms with Crippen LogP contribution in [-0.2, 0) is 6.54 Å². The van der Waals surface area contributed by atoms with Gasteiger partial charge in [0.1, 0.15) is 0 Å². The van der Waals surface area contributed by atoms with E-state index in [4.69, 9.17) is 0 Å². The molecule has 0 amide bonds. The standard InChI is InChI=1S/C10H20N4/c1-4-11-6-8-13(3)10-12-7-9-14(10)5-2/h7,9,11H,4-6,8H2,1-3H3. The lowest BCUT2D eigenvalue weighted by Crippen LogP contribution is -2.30. The molecule has 4 heteroatoms. The van der Waals surface area contributed by atoms with Gasteiger partial charge in [0, 0.05) is 39.1 Å². The highest BCUT2D eigenvalue weighted by molar-refractivity contribution is 5.29. The number of aryl methyl sites for hydroxylation is 1. The summed E-state index contributed by atoms with van der Waals surface area (Å²) in [5.74, 6) is 1.05. The summed E-state index contributed by atoms with van der Waals surface area (Å²) in [5.41, 5.74) is 0. The van der Waals surface area contributed by atoms with E-state index in [0.717, 1.165) is 32.1 Å². The van der Waals surface area contributed by atoms with Crippen LogP contribution in [0.25, 0.3) is 0 Å². The van der Waals surface area contributed by atoms with Crippen molar-refractivity contribution in [3.8, 4) is 0 Å². The molecule has 1 aromatic heterocycles. The molecule has 1 rings (SSSR count). The van der Waals surface area contributed by atoms with Gasteiger partial charge in [-0.1, -0.05) is 6.92 Å². The molecule has 0 unspecified atom stereocenters. The summed E-state index contributed by atoms with van der Waals surface area (Å²) in [5, 5.41) is 3.30. The first-order chi connectivity index (χ1) is 6.79. The Morgan fingerprint density at radius 2 is 2.29 bits per heavy atom. The topological polar surface area (TPSA) is 33.1 Å². The first-order valence-corrected chi connectivity index (χ1v) is 5.22. The predicted molar refractivity (Wildman–Crippen MR) is 59.7 cm³/mol. The van der Waals surface area contributed by atoms with Crippen LogP contribution in [0.1, 0.15) is 13.8 Å². The molecule has 1 aromatic rings. The van der Waals surface area contributed by atoms with Crippen molar-refractivity contribution < 1.29 is 0 Å². The number of hydrogen-bond donors (Lipinski definition) is 1. The Morgan fingerprint density at radius 1 is 1.50 bits per heavy atom. The summed E-state index contributed by atoms with van der Waals surface area (Å²) in [6, 6.07) is 0. The molecule has 0 spiro atoms. The molecule has 0 bridgehead atoms. The number of nitrogens with one attached hydrogen (secondary N) is 1. The minimum Gasteiger partial charge on any atom is -0.344 e. The second-order valence-corrected chi connectivity index (χ2v) is 3.29. The highest BCUT2D eigenvalue weighted by atomic mass is 15.3. The van der Waals surface area contributed by atoms with Crippen molar-refractivity contribution in [1.82, 2.24) is 14.9 Å². The second kappa shape index (κ2) is 5.65. The fourth-order valence-electron chi connectivity index (χ4n) is 1.41. The summed E-state index contributed by atoms with van der Waals surface area (Å²) >= 11 is 0. The highest BCUT2D eigenvalue weighted by Gasteiger charge is 2.05. The van der Waals surface area contributed by atoms with E-state index in [0.29, 0.717) is 0 Å². The fourth-order valence-corrected chi connectivity index (χ4v) is 1.41. The normalized spacial score (nSPS) is 10.5. The van der Waals surface area contributed by atoms with E-state index in [9.17, 15) is 0 Å². The van der Waals surface area contributed by atoms with E-state index >= 15 is 0 Å². The third-order valence-electron chi connectivity index (χ3n) is 2.25. The van der Waals surface area contributed by atoms with Gasteiger partial charge in [-0.2, -0.15) is 0 Å². The summed E-state index contributed by atoms with van der Waals surface area (Å²) in [6.45, 7) is 8.24. The third kappa shape index (κ3) is 2.73. The van der Waals surface area contributed by atoms with Gasteiger partial charge in [-0.15, -0.1) is 0 Å². The number of rotatable bonds is 6. The molecule has 0 saturated carbocycles. The molecular formula is C10H20N4. The zero-order chi connectivity index (χ0) is 10.4. The van der Waals surface area contributed by atoms with Crippen LogP contribution in [0.3, 0.4) is 0 Å². The van der Waals surface area contributed by atoms with Gasteiger partial charge < -0.3 is 14.8 Å². The maximum absolute atomic E-state index is 4.33. The molecular weight excluding hydrogens is 176 g/mol. The van der Waals surface area contributed by atoms with Gasteiger partial charge in [0.25, 0.3) is 0 Å². The van der Waals surface area contributed by atoms with Crippen molar-refractivity contribution in [2.45, 2.75) is 20.4 Å². The Morgan fingerprint density at radius 3 is 2.93 bits per heavy atom. The summed E-state index contributed by atoms with van der Waals surface area (Å²) in [4.78, 5) is 6.50. The zero-order valence-corrected chi connectivity index (χ0v) is 9.32.